The van der Waals surface area contributed by atoms with Crippen LogP contribution in [0.15, 0.2) is 42.5 Å². The van der Waals surface area contributed by atoms with Crippen molar-refractivity contribution in [2.45, 2.75) is 26.4 Å². The van der Waals surface area contributed by atoms with Gasteiger partial charge in [0.2, 0.25) is 0 Å². The largest absolute Gasteiger partial charge is 0.496 e. The van der Waals surface area contributed by atoms with Crippen molar-refractivity contribution in [3.8, 4) is 11.5 Å². The first-order valence-corrected chi connectivity index (χ1v) is 6.75. The van der Waals surface area contributed by atoms with Crippen LogP contribution in [0.3, 0.4) is 0 Å². The third kappa shape index (κ3) is 3.44. The van der Waals surface area contributed by atoms with Crippen LogP contribution in [0, 0.1) is 0 Å². The summed E-state index contributed by atoms with van der Waals surface area (Å²) >= 11 is 0. The molecule has 0 unspecified atom stereocenters. The zero-order chi connectivity index (χ0) is 14.5. The molecule has 106 valence electrons. The number of benzene rings is 2. The molecular weight excluding hydrogens is 250 g/mol. The van der Waals surface area contributed by atoms with Gasteiger partial charge in [-0.15, -0.1) is 0 Å². The smallest absolute Gasteiger partial charge is 0.125 e. The SMILES string of the molecule is COc1ccc(N)cc1COc1ccc(C(C)C)cc1. The predicted molar refractivity (Wildman–Crippen MR) is 82.3 cm³/mol. The molecule has 0 aliphatic carbocycles. The van der Waals surface area contributed by atoms with E-state index >= 15 is 0 Å². The molecule has 2 aromatic carbocycles. The van der Waals surface area contributed by atoms with Crippen molar-refractivity contribution in [3.05, 3.63) is 53.6 Å². The molecule has 0 amide bonds. The molecule has 0 saturated heterocycles. The van der Waals surface area contributed by atoms with E-state index in [4.69, 9.17) is 15.2 Å². The van der Waals surface area contributed by atoms with E-state index in [0.717, 1.165) is 17.1 Å². The molecule has 0 fully saturated rings. The highest BCUT2D eigenvalue weighted by molar-refractivity contribution is 5.47. The Labute approximate surface area is 120 Å². The molecule has 0 aliphatic rings. The fraction of sp³-hybridized carbons (Fsp3) is 0.294. The summed E-state index contributed by atoms with van der Waals surface area (Å²) in [6.45, 7) is 4.79. The van der Waals surface area contributed by atoms with Gasteiger partial charge >= 0.3 is 0 Å². The lowest BCUT2D eigenvalue weighted by Gasteiger charge is -2.12. The topological polar surface area (TPSA) is 44.5 Å². The summed E-state index contributed by atoms with van der Waals surface area (Å²) in [5.41, 5.74) is 8.75. The van der Waals surface area contributed by atoms with E-state index < -0.39 is 0 Å². The lowest BCUT2D eigenvalue weighted by atomic mass is 10.0. The van der Waals surface area contributed by atoms with E-state index in [1.807, 2.05) is 30.3 Å². The van der Waals surface area contributed by atoms with Gasteiger partial charge in [-0.2, -0.15) is 0 Å². The van der Waals surface area contributed by atoms with E-state index in [0.29, 0.717) is 18.2 Å². The maximum Gasteiger partial charge on any atom is 0.125 e. The van der Waals surface area contributed by atoms with E-state index in [2.05, 4.69) is 26.0 Å². The zero-order valence-electron chi connectivity index (χ0n) is 12.2. The maximum atomic E-state index is 5.79. The minimum absolute atomic E-state index is 0.440. The van der Waals surface area contributed by atoms with Gasteiger partial charge in [0.1, 0.15) is 18.1 Å². The minimum Gasteiger partial charge on any atom is -0.496 e. The standard InChI is InChI=1S/C17H21NO2/c1-12(2)13-4-7-16(8-5-13)20-11-14-10-15(18)6-9-17(14)19-3/h4-10,12H,11,18H2,1-3H3. The molecule has 0 heterocycles. The van der Waals surface area contributed by atoms with Gasteiger partial charge in [-0.3, -0.25) is 0 Å². The number of methoxy groups -OCH3 is 1. The van der Waals surface area contributed by atoms with Crippen LogP contribution in [0.2, 0.25) is 0 Å². The van der Waals surface area contributed by atoms with Gasteiger partial charge in [0.25, 0.3) is 0 Å². The minimum atomic E-state index is 0.440. The highest BCUT2D eigenvalue weighted by Gasteiger charge is 2.05. The monoisotopic (exact) mass is 271 g/mol. The second-order valence-corrected chi connectivity index (χ2v) is 5.08. The Morgan fingerprint density at radius 1 is 1.05 bits per heavy atom. The highest BCUT2D eigenvalue weighted by Crippen LogP contribution is 2.24. The molecule has 2 rings (SSSR count). The lowest BCUT2D eigenvalue weighted by Crippen LogP contribution is -2.00. The van der Waals surface area contributed by atoms with Gasteiger partial charge in [0, 0.05) is 11.3 Å². The number of nitrogen functional groups attached to an aromatic ring is 1. The summed E-state index contributed by atoms with van der Waals surface area (Å²) in [5, 5.41) is 0. The highest BCUT2D eigenvalue weighted by atomic mass is 16.5. The summed E-state index contributed by atoms with van der Waals surface area (Å²) in [5.74, 6) is 2.16. The van der Waals surface area contributed by atoms with Crippen molar-refractivity contribution >= 4 is 5.69 Å². The second kappa shape index (κ2) is 6.33. The summed E-state index contributed by atoms with van der Waals surface area (Å²) in [7, 11) is 1.65. The average molecular weight is 271 g/mol. The van der Waals surface area contributed by atoms with Gasteiger partial charge in [0.15, 0.2) is 0 Å². The Morgan fingerprint density at radius 2 is 1.75 bits per heavy atom. The second-order valence-electron chi connectivity index (χ2n) is 5.08. The van der Waals surface area contributed by atoms with Gasteiger partial charge in [-0.1, -0.05) is 26.0 Å². The third-order valence-corrected chi connectivity index (χ3v) is 3.25. The van der Waals surface area contributed by atoms with Crippen LogP contribution in [0.4, 0.5) is 5.69 Å². The van der Waals surface area contributed by atoms with Crippen LogP contribution < -0.4 is 15.2 Å². The van der Waals surface area contributed by atoms with Crippen LogP contribution in [0.1, 0.15) is 30.9 Å². The molecule has 0 bridgehead atoms. The number of hydrogen-bond acceptors (Lipinski definition) is 3. The number of hydrogen-bond donors (Lipinski definition) is 1. The van der Waals surface area contributed by atoms with E-state index in [9.17, 15) is 0 Å². The van der Waals surface area contributed by atoms with Crippen molar-refractivity contribution in [2.75, 3.05) is 12.8 Å². The fourth-order valence-corrected chi connectivity index (χ4v) is 2.02. The van der Waals surface area contributed by atoms with Crippen molar-refractivity contribution in [1.29, 1.82) is 0 Å². The maximum absolute atomic E-state index is 5.79. The Balaban J connectivity index is 2.06. The lowest BCUT2D eigenvalue weighted by molar-refractivity contribution is 0.296. The molecule has 2 aromatic rings. The van der Waals surface area contributed by atoms with Gasteiger partial charge in [-0.05, 0) is 41.8 Å². The van der Waals surface area contributed by atoms with Gasteiger partial charge in [-0.25, -0.2) is 0 Å². The van der Waals surface area contributed by atoms with Crippen molar-refractivity contribution in [2.24, 2.45) is 0 Å². The molecule has 0 saturated carbocycles. The molecule has 2 N–H and O–H groups in total. The summed E-state index contributed by atoms with van der Waals surface area (Å²) in [4.78, 5) is 0. The molecule has 3 nitrogen and oxygen atoms in total. The summed E-state index contributed by atoms with van der Waals surface area (Å²) in [6.07, 6.45) is 0. The average Bonchev–Trinajstić information content (AvgIpc) is 2.45. The molecule has 0 spiro atoms. The first kappa shape index (κ1) is 14.3. The van der Waals surface area contributed by atoms with Crippen LogP contribution >= 0.6 is 0 Å². The summed E-state index contributed by atoms with van der Waals surface area (Å²) < 4.78 is 11.1. The first-order valence-electron chi connectivity index (χ1n) is 6.75. The molecule has 0 radical (unpaired) electrons. The number of nitrogens with two attached hydrogens (primary N) is 1. The normalized spacial score (nSPS) is 10.6. The van der Waals surface area contributed by atoms with Gasteiger partial charge in [0.05, 0.1) is 7.11 Å². The van der Waals surface area contributed by atoms with Crippen LogP contribution in [0.5, 0.6) is 11.5 Å². The Kier molecular flexibility index (Phi) is 4.51. The van der Waals surface area contributed by atoms with Crippen LogP contribution in [0.25, 0.3) is 0 Å². The number of anilines is 1. The molecular formula is C17H21NO2. The zero-order valence-corrected chi connectivity index (χ0v) is 12.2. The third-order valence-electron chi connectivity index (χ3n) is 3.25. The van der Waals surface area contributed by atoms with Crippen LogP contribution in [-0.2, 0) is 6.61 Å². The summed E-state index contributed by atoms with van der Waals surface area (Å²) in [6, 6.07) is 13.7. The molecule has 0 aliphatic heterocycles. The Hall–Kier alpha value is -2.16. The molecule has 3 heteroatoms. The van der Waals surface area contributed by atoms with Gasteiger partial charge < -0.3 is 15.2 Å². The van der Waals surface area contributed by atoms with E-state index in [1.54, 1.807) is 7.11 Å². The Bertz CT molecular complexity index is 562. The van der Waals surface area contributed by atoms with E-state index in [1.165, 1.54) is 5.56 Å². The van der Waals surface area contributed by atoms with Crippen LogP contribution in [-0.4, -0.2) is 7.11 Å². The first-order chi connectivity index (χ1) is 9.60. The van der Waals surface area contributed by atoms with E-state index in [-0.39, 0.29) is 0 Å². The quantitative estimate of drug-likeness (QED) is 0.836. The molecule has 20 heavy (non-hydrogen) atoms. The van der Waals surface area contributed by atoms with Crippen molar-refractivity contribution in [1.82, 2.24) is 0 Å². The molecule has 0 aromatic heterocycles. The number of ether oxygens (including phenoxy) is 2. The number of rotatable bonds is 5. The Morgan fingerprint density at radius 3 is 2.35 bits per heavy atom. The fourth-order valence-electron chi connectivity index (χ4n) is 2.02. The predicted octanol–water partition coefficient (Wildman–Crippen LogP) is 3.98. The van der Waals surface area contributed by atoms with Crippen molar-refractivity contribution in [3.63, 3.8) is 0 Å². The van der Waals surface area contributed by atoms with Crippen molar-refractivity contribution < 1.29 is 9.47 Å². The molecule has 0 atom stereocenters.